The molecule has 7 nitrogen and oxygen atoms in total. The van der Waals surface area contributed by atoms with E-state index in [1.54, 1.807) is 10.1 Å². The highest BCUT2D eigenvalue weighted by Gasteiger charge is 2.20. The monoisotopic (exact) mass is 323 g/mol. The van der Waals surface area contributed by atoms with Gasteiger partial charge in [0, 0.05) is 18.1 Å². The van der Waals surface area contributed by atoms with Gasteiger partial charge in [0.1, 0.15) is 9.71 Å². The summed E-state index contributed by atoms with van der Waals surface area (Å²) in [4.78, 5) is 27.1. The standard InChI is InChI=1S/C12H13N5O2S2/c1-5-7-8(13)9(21-11(7)17(2)16-5)10(18)14-3-6-4-20-12(19)15-6/h4H,3,13H2,1-2H3,(H,14,18)(H,15,19). The number of anilines is 1. The molecule has 9 heteroatoms. The predicted octanol–water partition coefficient (Wildman–Crippen LogP) is 1.21. The SMILES string of the molecule is Cc1nn(C)c2sc(C(=O)NCc3csc(=O)[nH]3)c(N)c12. The van der Waals surface area contributed by atoms with E-state index in [2.05, 4.69) is 15.4 Å². The van der Waals surface area contributed by atoms with Gasteiger partial charge in [0.25, 0.3) is 5.91 Å². The molecule has 0 aliphatic carbocycles. The van der Waals surface area contributed by atoms with Crippen LogP contribution in [0.25, 0.3) is 10.2 Å². The van der Waals surface area contributed by atoms with E-state index >= 15 is 0 Å². The number of hydrogen-bond acceptors (Lipinski definition) is 6. The molecule has 4 N–H and O–H groups in total. The first kappa shape index (κ1) is 13.8. The summed E-state index contributed by atoms with van der Waals surface area (Å²) in [7, 11) is 1.82. The molecule has 0 spiro atoms. The first-order valence-corrected chi connectivity index (χ1v) is 7.83. The molecule has 110 valence electrons. The van der Waals surface area contributed by atoms with Gasteiger partial charge in [-0.3, -0.25) is 14.3 Å². The number of aromatic nitrogens is 3. The lowest BCUT2D eigenvalue weighted by atomic mass is 10.2. The molecular formula is C12H13N5O2S2. The second-order valence-corrected chi connectivity index (χ2v) is 6.43. The molecule has 0 bridgehead atoms. The summed E-state index contributed by atoms with van der Waals surface area (Å²) in [5.74, 6) is -0.250. The first-order chi connectivity index (χ1) is 9.97. The molecule has 1 amide bonds. The number of aryl methyl sites for hydroxylation is 2. The van der Waals surface area contributed by atoms with E-state index in [1.165, 1.54) is 11.3 Å². The molecule has 0 aromatic carbocycles. The number of nitrogens with zero attached hydrogens (tertiary/aromatic N) is 2. The van der Waals surface area contributed by atoms with Crippen LogP contribution in [0.2, 0.25) is 0 Å². The number of nitrogens with two attached hydrogens (primary N) is 1. The fourth-order valence-electron chi connectivity index (χ4n) is 2.15. The number of thiophene rings is 1. The van der Waals surface area contributed by atoms with E-state index < -0.39 is 0 Å². The molecule has 21 heavy (non-hydrogen) atoms. The maximum atomic E-state index is 12.2. The lowest BCUT2D eigenvalue weighted by Crippen LogP contribution is -2.23. The second kappa shape index (κ2) is 5.01. The van der Waals surface area contributed by atoms with Crippen LogP contribution in [0.5, 0.6) is 0 Å². The highest BCUT2D eigenvalue weighted by atomic mass is 32.1. The lowest BCUT2D eigenvalue weighted by Gasteiger charge is -2.02. The van der Waals surface area contributed by atoms with Crippen LogP contribution >= 0.6 is 22.7 Å². The Hall–Kier alpha value is -2.13. The molecule has 0 aliphatic heterocycles. The van der Waals surface area contributed by atoms with Crippen molar-refractivity contribution in [2.24, 2.45) is 7.05 Å². The van der Waals surface area contributed by atoms with E-state index in [0.29, 0.717) is 16.3 Å². The van der Waals surface area contributed by atoms with Crippen LogP contribution in [0, 0.1) is 6.92 Å². The lowest BCUT2D eigenvalue weighted by molar-refractivity contribution is 0.0955. The molecule has 0 saturated carbocycles. The molecule has 3 heterocycles. The summed E-state index contributed by atoms with van der Waals surface area (Å²) in [6.45, 7) is 2.13. The largest absolute Gasteiger partial charge is 0.397 e. The van der Waals surface area contributed by atoms with Crippen molar-refractivity contribution in [3.05, 3.63) is 31.3 Å². The Bertz CT molecular complexity index is 885. The van der Waals surface area contributed by atoms with Gasteiger partial charge in [0.2, 0.25) is 0 Å². The minimum absolute atomic E-state index is 0.137. The Morgan fingerprint density at radius 3 is 2.95 bits per heavy atom. The summed E-state index contributed by atoms with van der Waals surface area (Å²) < 4.78 is 1.72. The van der Waals surface area contributed by atoms with Crippen molar-refractivity contribution in [3.8, 4) is 0 Å². The van der Waals surface area contributed by atoms with Crippen LogP contribution in [-0.2, 0) is 13.6 Å². The number of rotatable bonds is 3. The van der Waals surface area contributed by atoms with Gasteiger partial charge in [-0.05, 0) is 6.92 Å². The van der Waals surface area contributed by atoms with Gasteiger partial charge in [-0.15, -0.1) is 11.3 Å². The summed E-state index contributed by atoms with van der Waals surface area (Å²) in [6, 6.07) is 0. The molecule has 3 rings (SSSR count). The topological polar surface area (TPSA) is 106 Å². The predicted molar refractivity (Wildman–Crippen MR) is 83.9 cm³/mol. The molecule has 3 aromatic rings. The minimum atomic E-state index is -0.250. The number of carbonyl (C=O) groups excluding carboxylic acids is 1. The van der Waals surface area contributed by atoms with Gasteiger partial charge in [0.15, 0.2) is 0 Å². The van der Waals surface area contributed by atoms with Crippen LogP contribution in [0.3, 0.4) is 0 Å². The van der Waals surface area contributed by atoms with Crippen molar-refractivity contribution < 1.29 is 4.79 Å². The average molecular weight is 323 g/mol. The number of carbonyl (C=O) groups is 1. The fourth-order valence-corrected chi connectivity index (χ4v) is 3.84. The molecule has 0 aliphatic rings. The minimum Gasteiger partial charge on any atom is -0.397 e. The molecule has 3 aromatic heterocycles. The van der Waals surface area contributed by atoms with Crippen LogP contribution in [0.4, 0.5) is 5.69 Å². The van der Waals surface area contributed by atoms with E-state index in [9.17, 15) is 9.59 Å². The number of aromatic amines is 1. The summed E-state index contributed by atoms with van der Waals surface area (Å²) in [6.07, 6.45) is 0. The van der Waals surface area contributed by atoms with Gasteiger partial charge in [-0.2, -0.15) is 5.10 Å². The van der Waals surface area contributed by atoms with E-state index in [0.717, 1.165) is 27.2 Å². The van der Waals surface area contributed by atoms with Crippen LogP contribution in [-0.4, -0.2) is 20.7 Å². The number of thiazole rings is 1. The Balaban J connectivity index is 1.86. The maximum absolute atomic E-state index is 12.2. The van der Waals surface area contributed by atoms with E-state index in [1.807, 2.05) is 14.0 Å². The Kier molecular flexibility index (Phi) is 3.30. The number of fused-ring (bicyclic) bond motifs is 1. The molecule has 0 fully saturated rings. The fraction of sp³-hybridized carbons (Fsp3) is 0.250. The molecule has 0 unspecified atom stereocenters. The zero-order valence-corrected chi connectivity index (χ0v) is 13.0. The molecular weight excluding hydrogens is 310 g/mol. The van der Waals surface area contributed by atoms with E-state index in [-0.39, 0.29) is 17.3 Å². The Morgan fingerprint density at radius 1 is 1.57 bits per heavy atom. The van der Waals surface area contributed by atoms with Crippen LogP contribution in [0.15, 0.2) is 10.2 Å². The number of nitrogens with one attached hydrogen (secondary N) is 2. The smallest absolute Gasteiger partial charge is 0.304 e. The maximum Gasteiger partial charge on any atom is 0.304 e. The number of H-pyrrole nitrogens is 1. The van der Waals surface area contributed by atoms with Gasteiger partial charge >= 0.3 is 4.87 Å². The Morgan fingerprint density at radius 2 is 2.33 bits per heavy atom. The molecule has 0 atom stereocenters. The van der Waals surface area contributed by atoms with Crippen molar-refractivity contribution in [2.75, 3.05) is 5.73 Å². The van der Waals surface area contributed by atoms with Crippen LogP contribution in [0.1, 0.15) is 21.1 Å². The zero-order valence-electron chi connectivity index (χ0n) is 11.4. The normalized spacial score (nSPS) is 11.1. The van der Waals surface area contributed by atoms with Gasteiger partial charge in [-0.1, -0.05) is 11.3 Å². The van der Waals surface area contributed by atoms with Gasteiger partial charge < -0.3 is 16.0 Å². The quantitative estimate of drug-likeness (QED) is 0.673. The van der Waals surface area contributed by atoms with Crippen molar-refractivity contribution in [1.82, 2.24) is 20.1 Å². The Labute approximate surface area is 127 Å². The number of nitrogen functional groups attached to an aromatic ring is 1. The van der Waals surface area contributed by atoms with Crippen molar-refractivity contribution in [3.63, 3.8) is 0 Å². The zero-order chi connectivity index (χ0) is 15.1. The average Bonchev–Trinajstić information content (AvgIpc) is 3.06. The first-order valence-electron chi connectivity index (χ1n) is 6.14. The third-order valence-corrected chi connectivity index (χ3v) is 5.09. The number of amides is 1. The molecule has 0 saturated heterocycles. The van der Waals surface area contributed by atoms with Gasteiger partial charge in [0.05, 0.1) is 23.3 Å². The summed E-state index contributed by atoms with van der Waals surface area (Å²) >= 11 is 2.38. The van der Waals surface area contributed by atoms with Crippen molar-refractivity contribution >= 4 is 44.5 Å². The van der Waals surface area contributed by atoms with Crippen molar-refractivity contribution in [1.29, 1.82) is 0 Å². The number of hydrogen-bond donors (Lipinski definition) is 3. The third-order valence-electron chi connectivity index (χ3n) is 3.10. The van der Waals surface area contributed by atoms with Gasteiger partial charge in [-0.25, -0.2) is 0 Å². The summed E-state index contributed by atoms with van der Waals surface area (Å²) in [5, 5.41) is 9.56. The highest BCUT2D eigenvalue weighted by molar-refractivity contribution is 7.21. The highest BCUT2D eigenvalue weighted by Crippen LogP contribution is 2.35. The molecule has 0 radical (unpaired) electrons. The van der Waals surface area contributed by atoms with Crippen molar-refractivity contribution in [2.45, 2.75) is 13.5 Å². The second-order valence-electron chi connectivity index (χ2n) is 4.59. The van der Waals surface area contributed by atoms with E-state index in [4.69, 9.17) is 5.73 Å². The summed E-state index contributed by atoms with van der Waals surface area (Å²) in [5.41, 5.74) is 8.01. The van der Waals surface area contributed by atoms with Crippen LogP contribution < -0.4 is 15.9 Å². The third kappa shape index (κ3) is 2.34.